The number of benzene rings is 7. The minimum atomic E-state index is 0.284. The highest BCUT2D eigenvalue weighted by atomic mass is 16.3. The molecule has 1 aliphatic rings. The van der Waals surface area contributed by atoms with Crippen molar-refractivity contribution < 1.29 is 4.42 Å². The second kappa shape index (κ2) is 15.4. The third-order valence-electron chi connectivity index (χ3n) is 14.8. The van der Waals surface area contributed by atoms with Crippen LogP contribution in [-0.2, 0) is 0 Å². The fourth-order valence-electron chi connectivity index (χ4n) is 11.2. The van der Waals surface area contributed by atoms with E-state index in [1.807, 2.05) is 6.07 Å². The van der Waals surface area contributed by atoms with Crippen LogP contribution in [-0.4, -0.2) is 19.1 Å². The second-order valence-corrected chi connectivity index (χ2v) is 19.8. The molecule has 66 heavy (non-hydrogen) atoms. The molecule has 0 unspecified atom stereocenters. The van der Waals surface area contributed by atoms with Gasteiger partial charge in [0.25, 0.3) is 0 Å². The van der Waals surface area contributed by atoms with E-state index in [1.54, 1.807) is 0 Å². The minimum Gasteiger partial charge on any atom is -0.455 e. The predicted molar refractivity (Wildman–Crippen MR) is 275 cm³/mol. The van der Waals surface area contributed by atoms with Crippen molar-refractivity contribution in [2.45, 2.75) is 79.1 Å². The highest BCUT2D eigenvalue weighted by molar-refractivity contribution is 6.11. The molecule has 0 radical (unpaired) electrons. The van der Waals surface area contributed by atoms with E-state index in [1.165, 1.54) is 64.4 Å². The van der Waals surface area contributed by atoms with Crippen molar-refractivity contribution in [3.05, 3.63) is 180 Å². The number of imidazole rings is 1. The fraction of sp³-hybridized carbons (Fsp3) is 0.213. The van der Waals surface area contributed by atoms with Crippen LogP contribution in [0.15, 0.2) is 162 Å². The molecule has 0 bridgehead atoms. The number of aromatic nitrogens is 4. The summed E-state index contributed by atoms with van der Waals surface area (Å²) in [6, 6.07) is 57.3. The first-order chi connectivity index (χ1) is 32.1. The number of aryl methyl sites for hydroxylation is 1. The highest BCUT2D eigenvalue weighted by Crippen LogP contribution is 2.45. The van der Waals surface area contributed by atoms with Gasteiger partial charge in [-0.25, -0.2) is 9.97 Å². The van der Waals surface area contributed by atoms with E-state index in [2.05, 4.69) is 202 Å². The number of para-hydroxylation sites is 6. The summed E-state index contributed by atoms with van der Waals surface area (Å²) in [5.74, 6) is 1.74. The van der Waals surface area contributed by atoms with Crippen LogP contribution in [0, 0.1) is 19.3 Å². The number of rotatable bonds is 7. The molecule has 0 amide bonds. The Morgan fingerprint density at radius 1 is 0.591 bits per heavy atom. The quantitative estimate of drug-likeness (QED) is 0.160. The monoisotopic (exact) mass is 858 g/mol. The Labute approximate surface area is 386 Å². The molecule has 1 fully saturated rings. The van der Waals surface area contributed by atoms with Gasteiger partial charge in [0.15, 0.2) is 0 Å². The van der Waals surface area contributed by atoms with Crippen molar-refractivity contribution in [2.24, 2.45) is 5.41 Å². The lowest BCUT2D eigenvalue weighted by molar-refractivity contribution is 0.224. The normalized spacial score (nSPS) is 14.5. The molecule has 0 aliphatic heterocycles. The van der Waals surface area contributed by atoms with Crippen molar-refractivity contribution >= 4 is 54.8 Å². The van der Waals surface area contributed by atoms with E-state index in [9.17, 15) is 0 Å². The van der Waals surface area contributed by atoms with Crippen LogP contribution < -0.4 is 0 Å². The van der Waals surface area contributed by atoms with Gasteiger partial charge in [-0.15, -0.1) is 0 Å². The van der Waals surface area contributed by atoms with E-state index >= 15 is 0 Å². The number of fused-ring (bicyclic) bond motifs is 7. The third-order valence-corrected chi connectivity index (χ3v) is 14.8. The zero-order valence-electron chi connectivity index (χ0n) is 38.7. The maximum atomic E-state index is 6.69. The van der Waals surface area contributed by atoms with Crippen molar-refractivity contribution in [1.82, 2.24) is 19.1 Å². The Bertz CT molecular complexity index is 3630. The van der Waals surface area contributed by atoms with Crippen molar-refractivity contribution in [3.8, 4) is 45.3 Å². The van der Waals surface area contributed by atoms with Gasteiger partial charge in [-0.05, 0) is 127 Å². The molecule has 4 heterocycles. The van der Waals surface area contributed by atoms with Gasteiger partial charge in [-0.1, -0.05) is 149 Å². The third kappa shape index (κ3) is 6.42. The van der Waals surface area contributed by atoms with E-state index in [0.29, 0.717) is 11.3 Å². The van der Waals surface area contributed by atoms with E-state index in [0.717, 1.165) is 83.6 Å². The Morgan fingerprint density at radius 2 is 1.21 bits per heavy atom. The predicted octanol–water partition coefficient (Wildman–Crippen LogP) is 16.8. The first-order valence-corrected chi connectivity index (χ1v) is 23.8. The number of furan rings is 1. The summed E-state index contributed by atoms with van der Waals surface area (Å²) in [6.45, 7) is 13.9. The summed E-state index contributed by atoms with van der Waals surface area (Å²) in [4.78, 5) is 11.5. The zero-order chi connectivity index (χ0) is 44.8. The maximum Gasteiger partial charge on any atom is 0.220 e. The lowest BCUT2D eigenvalue weighted by Crippen LogP contribution is -2.20. The molecule has 11 aromatic rings. The molecule has 0 spiro atoms. The molecule has 4 aromatic heterocycles. The SMILES string of the molecule is Cc1cccc(C(C)C)c1-n1c(-n2c3ccccc3c3ccccc32)nc2c(-c3nc(-c4cccc5c4oc4ccccc45)cc(-c4ccc(C5CCC(C)(C)CC5)cc4)c3C)cccc21. The van der Waals surface area contributed by atoms with E-state index in [4.69, 9.17) is 14.4 Å². The average molecular weight is 859 g/mol. The van der Waals surface area contributed by atoms with Crippen LogP contribution in [0.4, 0.5) is 0 Å². The number of hydrogen-bond acceptors (Lipinski definition) is 3. The van der Waals surface area contributed by atoms with Crippen LogP contribution in [0.2, 0.25) is 0 Å². The number of nitrogens with zero attached hydrogens (tertiary/aromatic N) is 4. The summed E-state index contributed by atoms with van der Waals surface area (Å²) in [7, 11) is 0. The van der Waals surface area contributed by atoms with Crippen molar-refractivity contribution in [2.75, 3.05) is 0 Å². The summed E-state index contributed by atoms with van der Waals surface area (Å²) in [6.07, 6.45) is 5.02. The van der Waals surface area contributed by atoms with Gasteiger partial charge >= 0.3 is 0 Å². The molecular formula is C61H54N4O. The van der Waals surface area contributed by atoms with Gasteiger partial charge in [0.2, 0.25) is 5.95 Å². The smallest absolute Gasteiger partial charge is 0.220 e. The standard InChI is InChI=1S/C61H54N4O/c1-37(2)43-20-13-16-38(3)58(43)65-54-26-15-23-49(57(54)63-60(65)64-52-24-10-7-17-44(52)45-18-8-11-25-53(45)64)56-39(4)50(42-30-28-40(29-31-42)41-32-34-61(5,6)35-33-41)36-51(62-56)48-22-14-21-47-46-19-9-12-27-55(46)66-59(47)48/h7-31,36-37,41H,32-35H2,1-6H3. The molecule has 5 heteroatoms. The summed E-state index contributed by atoms with van der Waals surface area (Å²) >= 11 is 0. The number of hydrogen-bond donors (Lipinski definition) is 0. The van der Waals surface area contributed by atoms with E-state index < -0.39 is 0 Å². The van der Waals surface area contributed by atoms with Gasteiger partial charge < -0.3 is 4.42 Å². The molecule has 12 rings (SSSR count). The summed E-state index contributed by atoms with van der Waals surface area (Å²) in [5, 5.41) is 4.60. The van der Waals surface area contributed by atoms with Crippen LogP contribution in [0.3, 0.4) is 0 Å². The first-order valence-electron chi connectivity index (χ1n) is 23.8. The van der Waals surface area contributed by atoms with Crippen LogP contribution in [0.25, 0.3) is 100 Å². The largest absolute Gasteiger partial charge is 0.455 e. The number of pyridine rings is 1. The molecule has 324 valence electrons. The zero-order valence-corrected chi connectivity index (χ0v) is 38.7. The minimum absolute atomic E-state index is 0.284. The lowest BCUT2D eigenvalue weighted by atomic mass is 9.71. The maximum absolute atomic E-state index is 6.69. The molecular weight excluding hydrogens is 805 g/mol. The lowest BCUT2D eigenvalue weighted by Gasteiger charge is -2.34. The van der Waals surface area contributed by atoms with Crippen molar-refractivity contribution in [1.29, 1.82) is 0 Å². The summed E-state index contributed by atoms with van der Waals surface area (Å²) in [5.41, 5.74) is 18.6. The Morgan fingerprint density at radius 3 is 1.94 bits per heavy atom. The van der Waals surface area contributed by atoms with Gasteiger partial charge in [0.05, 0.1) is 33.6 Å². The van der Waals surface area contributed by atoms with Gasteiger partial charge in [-0.2, -0.15) is 0 Å². The Kier molecular flexibility index (Phi) is 9.43. The molecule has 0 N–H and O–H groups in total. The average Bonchev–Trinajstić information content (AvgIpc) is 4.01. The van der Waals surface area contributed by atoms with E-state index in [-0.39, 0.29) is 5.92 Å². The molecule has 5 nitrogen and oxygen atoms in total. The van der Waals surface area contributed by atoms with Crippen LogP contribution in [0.1, 0.15) is 87.5 Å². The van der Waals surface area contributed by atoms with Crippen LogP contribution >= 0.6 is 0 Å². The second-order valence-electron chi connectivity index (χ2n) is 19.8. The van der Waals surface area contributed by atoms with Crippen molar-refractivity contribution in [3.63, 3.8) is 0 Å². The molecule has 1 aliphatic carbocycles. The first kappa shape index (κ1) is 40.3. The van der Waals surface area contributed by atoms with Gasteiger partial charge in [0.1, 0.15) is 16.7 Å². The molecule has 1 saturated carbocycles. The summed E-state index contributed by atoms with van der Waals surface area (Å²) < 4.78 is 11.5. The fourth-order valence-corrected chi connectivity index (χ4v) is 11.2. The Hall–Kier alpha value is -7.24. The van der Waals surface area contributed by atoms with Crippen LogP contribution in [0.5, 0.6) is 0 Å². The van der Waals surface area contributed by atoms with Gasteiger partial charge in [0, 0.05) is 32.7 Å². The molecule has 0 saturated heterocycles. The van der Waals surface area contributed by atoms with Gasteiger partial charge in [-0.3, -0.25) is 9.13 Å². The topological polar surface area (TPSA) is 48.8 Å². The molecule has 7 aromatic carbocycles. The Balaban J connectivity index is 1.13. The highest BCUT2D eigenvalue weighted by Gasteiger charge is 2.29. The molecule has 0 atom stereocenters.